The van der Waals surface area contributed by atoms with Crippen molar-refractivity contribution < 1.29 is 14.3 Å². The molecule has 0 aliphatic carbocycles. The summed E-state index contributed by atoms with van der Waals surface area (Å²) in [5, 5.41) is 0. The summed E-state index contributed by atoms with van der Waals surface area (Å²) in [7, 11) is 2.85. The second-order valence-electron chi connectivity index (χ2n) is 3.13. The van der Waals surface area contributed by atoms with Crippen LogP contribution < -0.4 is 4.74 Å². The van der Waals surface area contributed by atoms with E-state index in [1.54, 1.807) is 17.8 Å². The molecule has 2 heterocycles. The highest BCUT2D eigenvalue weighted by atomic mass is 32.1. The van der Waals surface area contributed by atoms with Crippen molar-refractivity contribution in [3.8, 4) is 16.3 Å². The molecule has 0 saturated heterocycles. The van der Waals surface area contributed by atoms with Crippen LogP contribution in [0.3, 0.4) is 0 Å². The first kappa shape index (κ1) is 11.5. The highest BCUT2D eigenvalue weighted by Gasteiger charge is 2.12. The quantitative estimate of drug-likeness (QED) is 0.780. The van der Waals surface area contributed by atoms with Crippen LogP contribution in [0, 0.1) is 0 Å². The van der Waals surface area contributed by atoms with Gasteiger partial charge in [-0.2, -0.15) is 0 Å². The second-order valence-corrected chi connectivity index (χ2v) is 4.02. The summed E-state index contributed by atoms with van der Waals surface area (Å²) in [5.74, 6) is 0.0680. The molecule has 0 N–H and O–H groups in total. The van der Waals surface area contributed by atoms with Crippen molar-refractivity contribution in [2.45, 2.75) is 0 Å². The number of rotatable bonds is 3. The van der Waals surface area contributed by atoms with Crippen molar-refractivity contribution in [3.05, 3.63) is 29.5 Å². The average Bonchev–Trinajstić information content (AvgIpc) is 2.91. The molecule has 0 atom stereocenters. The van der Waals surface area contributed by atoms with Crippen LogP contribution in [0.4, 0.5) is 0 Å². The van der Waals surface area contributed by atoms with Gasteiger partial charge in [-0.3, -0.25) is 4.98 Å². The maximum Gasteiger partial charge on any atom is 0.356 e. The summed E-state index contributed by atoms with van der Waals surface area (Å²) < 4.78 is 9.76. The highest BCUT2D eigenvalue weighted by Crippen LogP contribution is 2.25. The Kier molecular flexibility index (Phi) is 3.34. The molecule has 0 aliphatic heterocycles. The zero-order chi connectivity index (χ0) is 12.3. The summed E-state index contributed by atoms with van der Waals surface area (Å²) in [6, 6.07) is 3.29. The van der Waals surface area contributed by atoms with Gasteiger partial charge < -0.3 is 9.47 Å². The van der Waals surface area contributed by atoms with Gasteiger partial charge in [0.15, 0.2) is 5.69 Å². The Morgan fingerprint density at radius 1 is 1.35 bits per heavy atom. The van der Waals surface area contributed by atoms with E-state index in [-0.39, 0.29) is 5.69 Å². The third-order valence-corrected chi connectivity index (χ3v) is 2.91. The second kappa shape index (κ2) is 4.92. The van der Waals surface area contributed by atoms with E-state index < -0.39 is 5.97 Å². The van der Waals surface area contributed by atoms with E-state index in [4.69, 9.17) is 4.74 Å². The van der Waals surface area contributed by atoms with Gasteiger partial charge in [-0.25, -0.2) is 9.78 Å². The van der Waals surface area contributed by atoms with Crippen molar-refractivity contribution in [1.29, 1.82) is 0 Å². The number of carbonyl (C=O) groups excluding carboxylic acids is 1. The molecule has 0 saturated carbocycles. The largest absolute Gasteiger partial charge is 0.497 e. The van der Waals surface area contributed by atoms with E-state index >= 15 is 0 Å². The Labute approximate surface area is 102 Å². The van der Waals surface area contributed by atoms with Crippen LogP contribution >= 0.6 is 11.3 Å². The molecule has 0 fully saturated rings. The Hall–Kier alpha value is -1.95. The lowest BCUT2D eigenvalue weighted by atomic mass is 10.2. The zero-order valence-electron chi connectivity index (χ0n) is 9.34. The smallest absolute Gasteiger partial charge is 0.356 e. The minimum Gasteiger partial charge on any atom is -0.497 e. The minimum atomic E-state index is -0.491. The first-order valence-electron chi connectivity index (χ1n) is 4.78. The average molecular weight is 250 g/mol. The maximum atomic E-state index is 11.5. The number of carbonyl (C=O) groups is 1. The molecule has 0 spiro atoms. The van der Waals surface area contributed by atoms with Gasteiger partial charge in [-0.1, -0.05) is 0 Å². The molecule has 0 radical (unpaired) electrons. The third kappa shape index (κ3) is 2.42. The number of hydrogen-bond donors (Lipinski definition) is 0. The van der Waals surface area contributed by atoms with Crippen LogP contribution in [0.5, 0.6) is 5.75 Å². The Morgan fingerprint density at radius 3 is 2.76 bits per heavy atom. The molecule has 6 heteroatoms. The number of pyridine rings is 1. The van der Waals surface area contributed by atoms with Gasteiger partial charge in [0.25, 0.3) is 0 Å². The zero-order valence-corrected chi connectivity index (χ0v) is 10.2. The number of nitrogens with zero attached hydrogens (tertiary/aromatic N) is 2. The lowest BCUT2D eigenvalue weighted by Crippen LogP contribution is -2.05. The van der Waals surface area contributed by atoms with Crippen molar-refractivity contribution in [2.75, 3.05) is 14.2 Å². The SMILES string of the molecule is COC(=O)c1cc(OC)cc(-c2cncs2)n1. The maximum absolute atomic E-state index is 11.5. The van der Waals surface area contributed by atoms with E-state index in [1.807, 2.05) is 0 Å². The van der Waals surface area contributed by atoms with Gasteiger partial charge in [-0.05, 0) is 0 Å². The standard InChI is InChI=1S/C11H10N2O3S/c1-15-7-3-8(10-5-12-6-17-10)13-9(4-7)11(14)16-2/h3-6H,1-2H3. The predicted molar refractivity (Wildman–Crippen MR) is 63.2 cm³/mol. The summed E-state index contributed by atoms with van der Waals surface area (Å²) >= 11 is 1.44. The molecule has 2 rings (SSSR count). The highest BCUT2D eigenvalue weighted by molar-refractivity contribution is 7.13. The van der Waals surface area contributed by atoms with E-state index in [9.17, 15) is 4.79 Å². The molecule has 17 heavy (non-hydrogen) atoms. The number of esters is 1. The molecule has 2 aromatic rings. The van der Waals surface area contributed by atoms with E-state index in [0.29, 0.717) is 11.4 Å². The van der Waals surface area contributed by atoms with Crippen molar-refractivity contribution in [2.24, 2.45) is 0 Å². The first-order valence-corrected chi connectivity index (χ1v) is 5.66. The fourth-order valence-electron chi connectivity index (χ4n) is 1.30. The Morgan fingerprint density at radius 2 is 2.18 bits per heavy atom. The van der Waals surface area contributed by atoms with Gasteiger partial charge in [0.05, 0.1) is 30.3 Å². The van der Waals surface area contributed by atoms with E-state index in [2.05, 4.69) is 14.7 Å². The predicted octanol–water partition coefficient (Wildman–Crippen LogP) is 2.00. The Bertz CT molecular complexity index is 526. The lowest BCUT2D eigenvalue weighted by molar-refractivity contribution is 0.0593. The first-order chi connectivity index (χ1) is 8.24. The molecule has 5 nitrogen and oxygen atoms in total. The number of aromatic nitrogens is 2. The van der Waals surface area contributed by atoms with Gasteiger partial charge in [0.1, 0.15) is 5.75 Å². The van der Waals surface area contributed by atoms with Gasteiger partial charge in [0.2, 0.25) is 0 Å². The van der Waals surface area contributed by atoms with Crippen LogP contribution in [-0.2, 0) is 4.74 Å². The van der Waals surface area contributed by atoms with E-state index in [0.717, 1.165) is 4.88 Å². The molecular weight excluding hydrogens is 240 g/mol. The van der Waals surface area contributed by atoms with Crippen molar-refractivity contribution in [1.82, 2.24) is 9.97 Å². The summed E-state index contributed by atoms with van der Waals surface area (Å²) in [4.78, 5) is 20.5. The van der Waals surface area contributed by atoms with Crippen molar-refractivity contribution in [3.63, 3.8) is 0 Å². The summed E-state index contributed by atoms with van der Waals surface area (Å²) in [6.45, 7) is 0. The third-order valence-electron chi connectivity index (χ3n) is 2.11. The molecule has 0 bridgehead atoms. The molecular formula is C11H10N2O3S. The van der Waals surface area contributed by atoms with Gasteiger partial charge in [-0.15, -0.1) is 11.3 Å². The molecule has 2 aromatic heterocycles. The van der Waals surface area contributed by atoms with Gasteiger partial charge in [0, 0.05) is 18.3 Å². The normalized spacial score (nSPS) is 10.0. The fourth-order valence-corrected chi connectivity index (χ4v) is 1.88. The minimum absolute atomic E-state index is 0.218. The molecule has 0 aromatic carbocycles. The Balaban J connectivity index is 2.49. The lowest BCUT2D eigenvalue weighted by Gasteiger charge is -2.05. The number of hydrogen-bond acceptors (Lipinski definition) is 6. The molecule has 88 valence electrons. The number of thiazole rings is 1. The van der Waals surface area contributed by atoms with Crippen LogP contribution in [0.15, 0.2) is 23.8 Å². The number of ether oxygens (including phenoxy) is 2. The van der Waals surface area contributed by atoms with Crippen LogP contribution in [0.1, 0.15) is 10.5 Å². The van der Waals surface area contributed by atoms with Crippen LogP contribution in [0.2, 0.25) is 0 Å². The van der Waals surface area contributed by atoms with Crippen LogP contribution in [0.25, 0.3) is 10.6 Å². The van der Waals surface area contributed by atoms with Crippen molar-refractivity contribution >= 4 is 17.3 Å². The summed E-state index contributed by atoms with van der Waals surface area (Å²) in [5.41, 5.74) is 2.57. The molecule has 0 unspecified atom stereocenters. The molecule has 0 amide bonds. The fraction of sp³-hybridized carbons (Fsp3) is 0.182. The van der Waals surface area contributed by atoms with Crippen LogP contribution in [-0.4, -0.2) is 30.2 Å². The topological polar surface area (TPSA) is 61.3 Å². The van der Waals surface area contributed by atoms with Gasteiger partial charge >= 0.3 is 5.97 Å². The number of methoxy groups -OCH3 is 2. The van der Waals surface area contributed by atoms with E-state index in [1.165, 1.54) is 31.6 Å². The summed E-state index contributed by atoms with van der Waals surface area (Å²) in [6.07, 6.45) is 1.69. The molecule has 0 aliphatic rings. The monoisotopic (exact) mass is 250 g/mol.